The summed E-state index contributed by atoms with van der Waals surface area (Å²) in [5.74, 6) is 5.17. The van der Waals surface area contributed by atoms with Gasteiger partial charge in [-0.05, 0) is 61.4 Å². The molecule has 144 valence electrons. The maximum atomic E-state index is 13.1. The van der Waals surface area contributed by atoms with Crippen molar-refractivity contribution in [1.29, 1.82) is 0 Å². The third-order valence-corrected chi connectivity index (χ3v) is 6.05. The molecule has 1 aliphatic heterocycles. The molecule has 28 heavy (non-hydrogen) atoms. The largest absolute Gasteiger partial charge is 0.441 e. The van der Waals surface area contributed by atoms with E-state index in [4.69, 9.17) is 4.52 Å². The highest BCUT2D eigenvalue weighted by Gasteiger charge is 2.48. The van der Waals surface area contributed by atoms with Crippen molar-refractivity contribution >= 4 is 11.6 Å². The maximum absolute atomic E-state index is 13.1. The van der Waals surface area contributed by atoms with E-state index in [-0.39, 0.29) is 11.6 Å². The molecule has 6 heteroatoms. The molecule has 0 bridgehead atoms. The molecule has 0 N–H and O–H groups in total. The first-order valence-corrected chi connectivity index (χ1v) is 9.48. The molecule has 2 heterocycles. The normalized spacial score (nSPS) is 24.0. The Balaban J connectivity index is 1.66. The van der Waals surface area contributed by atoms with Crippen LogP contribution in [0.15, 0.2) is 21.5 Å². The molecule has 2 aromatic rings. The van der Waals surface area contributed by atoms with Crippen LogP contribution in [0, 0.1) is 31.1 Å². The van der Waals surface area contributed by atoms with Crippen LogP contribution >= 0.6 is 0 Å². The SMILES string of the molecule is CC#Cc1cc(C)c(C2C(=O)CC3(CCn4c(noc4=O)C3)CC2=O)c(C)c1. The number of Topliss-reactive ketones (excluding diaryl/α,β-unsaturated/α-hetero) is 2. The monoisotopic (exact) mass is 378 g/mol. The van der Waals surface area contributed by atoms with Crippen molar-refractivity contribution in [2.45, 2.75) is 58.9 Å². The molecule has 1 aliphatic carbocycles. The van der Waals surface area contributed by atoms with Crippen LogP contribution in [0.4, 0.5) is 0 Å². The van der Waals surface area contributed by atoms with Crippen molar-refractivity contribution in [1.82, 2.24) is 9.72 Å². The van der Waals surface area contributed by atoms with E-state index in [1.807, 2.05) is 26.0 Å². The van der Waals surface area contributed by atoms with E-state index in [0.29, 0.717) is 38.1 Å². The van der Waals surface area contributed by atoms with Crippen LogP contribution in [0.2, 0.25) is 0 Å². The highest BCUT2D eigenvalue weighted by molar-refractivity contribution is 6.10. The summed E-state index contributed by atoms with van der Waals surface area (Å²) in [5.41, 5.74) is 3.11. The molecule has 0 unspecified atom stereocenters. The fraction of sp³-hybridized carbons (Fsp3) is 0.455. The van der Waals surface area contributed by atoms with Gasteiger partial charge in [0.1, 0.15) is 17.5 Å². The maximum Gasteiger partial charge on any atom is 0.441 e. The number of carbonyl (C=O) groups is 2. The average Bonchev–Trinajstić information content (AvgIpc) is 2.97. The molecule has 2 aliphatic rings. The Hall–Kier alpha value is -2.94. The summed E-state index contributed by atoms with van der Waals surface area (Å²) in [5, 5.41) is 3.83. The Kier molecular flexibility index (Phi) is 4.34. The topological polar surface area (TPSA) is 82.2 Å². The minimum absolute atomic E-state index is 0.0453. The van der Waals surface area contributed by atoms with Gasteiger partial charge in [0.15, 0.2) is 5.82 Å². The summed E-state index contributed by atoms with van der Waals surface area (Å²) < 4.78 is 6.23. The number of carbonyl (C=O) groups excluding carboxylic acids is 2. The van der Waals surface area contributed by atoms with E-state index in [9.17, 15) is 14.4 Å². The minimum atomic E-state index is -0.712. The molecule has 1 saturated carbocycles. The van der Waals surface area contributed by atoms with Crippen molar-refractivity contribution in [3.8, 4) is 11.8 Å². The van der Waals surface area contributed by atoms with Gasteiger partial charge in [0.25, 0.3) is 0 Å². The van der Waals surface area contributed by atoms with Gasteiger partial charge in [-0.25, -0.2) is 4.79 Å². The van der Waals surface area contributed by atoms with Crippen molar-refractivity contribution < 1.29 is 14.1 Å². The van der Waals surface area contributed by atoms with Crippen molar-refractivity contribution in [3.05, 3.63) is 50.8 Å². The molecule has 0 amide bonds. The lowest BCUT2D eigenvalue weighted by molar-refractivity contribution is -0.137. The lowest BCUT2D eigenvalue weighted by Gasteiger charge is -2.40. The number of ketones is 2. The number of hydrogen-bond acceptors (Lipinski definition) is 5. The minimum Gasteiger partial charge on any atom is -0.299 e. The van der Waals surface area contributed by atoms with Crippen LogP contribution in [0.25, 0.3) is 0 Å². The first kappa shape index (κ1) is 18.4. The number of aryl methyl sites for hydroxylation is 2. The summed E-state index contributed by atoms with van der Waals surface area (Å²) in [6.07, 6.45) is 1.67. The number of nitrogens with zero attached hydrogens (tertiary/aromatic N) is 2. The van der Waals surface area contributed by atoms with Crippen LogP contribution in [0.5, 0.6) is 0 Å². The second-order valence-electron chi connectivity index (χ2n) is 8.06. The van der Waals surface area contributed by atoms with Gasteiger partial charge in [-0.3, -0.25) is 18.7 Å². The average molecular weight is 378 g/mol. The van der Waals surface area contributed by atoms with Gasteiger partial charge in [0.2, 0.25) is 0 Å². The Morgan fingerprint density at radius 1 is 1.11 bits per heavy atom. The standard InChI is InChI=1S/C22H22N2O4/c1-4-5-15-8-13(2)19(14(3)9-15)20-16(25)10-22(11-17(20)26)6-7-24-18(12-22)23-28-21(24)27/h8-9,20H,6-7,10-12H2,1-3H3. The molecule has 0 atom stereocenters. The van der Waals surface area contributed by atoms with Gasteiger partial charge in [0.05, 0.1) is 0 Å². The molecule has 4 rings (SSSR count). The summed E-state index contributed by atoms with van der Waals surface area (Å²) in [7, 11) is 0. The van der Waals surface area contributed by atoms with E-state index in [0.717, 1.165) is 22.3 Å². The van der Waals surface area contributed by atoms with Crippen molar-refractivity contribution in [2.75, 3.05) is 0 Å². The summed E-state index contributed by atoms with van der Waals surface area (Å²) in [4.78, 5) is 37.9. The summed E-state index contributed by atoms with van der Waals surface area (Å²) in [6, 6.07) is 3.89. The zero-order valence-corrected chi connectivity index (χ0v) is 16.3. The Morgan fingerprint density at radius 3 is 2.36 bits per heavy atom. The molecule has 1 aromatic heterocycles. The predicted octanol–water partition coefficient (Wildman–Crippen LogP) is 2.47. The first-order valence-electron chi connectivity index (χ1n) is 9.48. The van der Waals surface area contributed by atoms with E-state index < -0.39 is 17.1 Å². The quantitative estimate of drug-likeness (QED) is 0.562. The Labute approximate surface area is 162 Å². The van der Waals surface area contributed by atoms with E-state index in [2.05, 4.69) is 17.0 Å². The van der Waals surface area contributed by atoms with Gasteiger partial charge >= 0.3 is 5.76 Å². The highest BCUT2D eigenvalue weighted by Crippen LogP contribution is 2.46. The van der Waals surface area contributed by atoms with Crippen molar-refractivity contribution in [3.63, 3.8) is 0 Å². The summed E-state index contributed by atoms with van der Waals surface area (Å²) in [6.45, 7) is 6.09. The second-order valence-corrected chi connectivity index (χ2v) is 8.06. The van der Waals surface area contributed by atoms with Crippen molar-refractivity contribution in [2.24, 2.45) is 5.41 Å². The molecule has 0 saturated heterocycles. The van der Waals surface area contributed by atoms with Crippen LogP contribution in [0.3, 0.4) is 0 Å². The molecule has 0 radical (unpaired) electrons. The third-order valence-electron chi connectivity index (χ3n) is 6.05. The van der Waals surface area contributed by atoms with E-state index >= 15 is 0 Å². The van der Waals surface area contributed by atoms with Gasteiger partial charge in [-0.2, -0.15) is 0 Å². The molecule has 1 spiro atoms. The van der Waals surface area contributed by atoms with E-state index in [1.165, 1.54) is 4.57 Å². The van der Waals surface area contributed by atoms with Gasteiger partial charge < -0.3 is 0 Å². The second kappa shape index (κ2) is 6.59. The van der Waals surface area contributed by atoms with Crippen LogP contribution in [-0.2, 0) is 22.6 Å². The Morgan fingerprint density at radius 2 is 1.75 bits per heavy atom. The zero-order chi connectivity index (χ0) is 20.1. The fourth-order valence-corrected chi connectivity index (χ4v) is 4.87. The van der Waals surface area contributed by atoms with Crippen LogP contribution in [-0.4, -0.2) is 21.3 Å². The lowest BCUT2D eigenvalue weighted by atomic mass is 9.63. The molecule has 6 nitrogen and oxygen atoms in total. The van der Waals surface area contributed by atoms with Gasteiger partial charge in [-0.15, -0.1) is 5.92 Å². The number of rotatable bonds is 1. The molecular formula is C22H22N2O4. The van der Waals surface area contributed by atoms with E-state index in [1.54, 1.807) is 6.92 Å². The number of benzene rings is 1. The first-order chi connectivity index (χ1) is 13.3. The molecular weight excluding hydrogens is 356 g/mol. The zero-order valence-electron chi connectivity index (χ0n) is 16.3. The highest BCUT2D eigenvalue weighted by atomic mass is 16.5. The molecule has 1 aromatic carbocycles. The predicted molar refractivity (Wildman–Crippen MR) is 102 cm³/mol. The number of fused-ring (bicyclic) bond motifs is 1. The lowest BCUT2D eigenvalue weighted by Crippen LogP contribution is -2.44. The third kappa shape index (κ3) is 2.91. The van der Waals surface area contributed by atoms with Gasteiger partial charge in [0, 0.05) is 31.4 Å². The fourth-order valence-electron chi connectivity index (χ4n) is 4.87. The van der Waals surface area contributed by atoms with Crippen LogP contribution in [0.1, 0.15) is 60.2 Å². The number of hydrogen-bond donors (Lipinski definition) is 0. The smallest absolute Gasteiger partial charge is 0.299 e. The summed E-state index contributed by atoms with van der Waals surface area (Å²) >= 11 is 0. The van der Waals surface area contributed by atoms with Gasteiger partial charge in [-0.1, -0.05) is 11.1 Å². The molecule has 1 fully saturated rings. The Bertz CT molecular complexity index is 1070. The van der Waals surface area contributed by atoms with Crippen LogP contribution < -0.4 is 5.76 Å². The number of aromatic nitrogens is 2.